The fourth-order valence-electron chi connectivity index (χ4n) is 1.64. The number of aryl methyl sites for hydroxylation is 1. The van der Waals surface area contributed by atoms with Crippen LogP contribution in [0.4, 0.5) is 25.8 Å². The maximum atomic E-state index is 12.0. The summed E-state index contributed by atoms with van der Waals surface area (Å²) in [5, 5.41) is 3.15. The smallest absolute Gasteiger partial charge is 0.387 e. The largest absolute Gasteiger partial charge is 0.435 e. The Morgan fingerprint density at radius 3 is 2.26 bits per heavy atom. The van der Waals surface area contributed by atoms with Crippen molar-refractivity contribution in [1.29, 1.82) is 0 Å². The van der Waals surface area contributed by atoms with Gasteiger partial charge in [-0.05, 0) is 55.0 Å². The molecule has 100 valence electrons. The van der Waals surface area contributed by atoms with Crippen molar-refractivity contribution >= 4 is 17.1 Å². The predicted molar refractivity (Wildman–Crippen MR) is 71.9 cm³/mol. The van der Waals surface area contributed by atoms with Crippen molar-refractivity contribution in [2.24, 2.45) is 0 Å². The summed E-state index contributed by atoms with van der Waals surface area (Å²) in [4.78, 5) is 0. The molecule has 0 heterocycles. The predicted octanol–water partition coefficient (Wildman–Crippen LogP) is 3.92. The average molecular weight is 264 g/mol. The highest BCUT2D eigenvalue weighted by molar-refractivity contribution is 5.64. The van der Waals surface area contributed by atoms with Crippen molar-refractivity contribution in [3.8, 4) is 5.75 Å². The first kappa shape index (κ1) is 13.1. The quantitative estimate of drug-likeness (QED) is 0.823. The van der Waals surface area contributed by atoms with E-state index in [1.165, 1.54) is 12.1 Å². The molecule has 0 spiro atoms. The molecule has 3 nitrogen and oxygen atoms in total. The third-order valence-electron chi connectivity index (χ3n) is 2.64. The van der Waals surface area contributed by atoms with Gasteiger partial charge in [0.15, 0.2) is 0 Å². The Hall–Kier alpha value is -2.30. The summed E-state index contributed by atoms with van der Waals surface area (Å²) in [6, 6.07) is 11.9. The lowest BCUT2D eigenvalue weighted by Crippen LogP contribution is -2.01. The Kier molecular flexibility index (Phi) is 3.85. The van der Waals surface area contributed by atoms with Gasteiger partial charge in [0.05, 0.1) is 0 Å². The van der Waals surface area contributed by atoms with Gasteiger partial charge in [0.1, 0.15) is 5.75 Å². The molecule has 0 radical (unpaired) electrons. The van der Waals surface area contributed by atoms with Gasteiger partial charge < -0.3 is 15.8 Å². The fourth-order valence-corrected chi connectivity index (χ4v) is 1.64. The minimum atomic E-state index is -2.81. The Labute approximate surface area is 110 Å². The second kappa shape index (κ2) is 5.56. The van der Waals surface area contributed by atoms with E-state index in [0.29, 0.717) is 0 Å². The van der Waals surface area contributed by atoms with Crippen LogP contribution >= 0.6 is 0 Å². The number of alkyl halides is 2. The molecule has 0 atom stereocenters. The van der Waals surface area contributed by atoms with E-state index in [4.69, 9.17) is 5.73 Å². The molecule has 0 aliphatic rings. The summed E-state index contributed by atoms with van der Waals surface area (Å²) >= 11 is 0. The number of rotatable bonds is 4. The monoisotopic (exact) mass is 264 g/mol. The van der Waals surface area contributed by atoms with Gasteiger partial charge in [0, 0.05) is 17.1 Å². The normalized spacial score (nSPS) is 10.5. The zero-order valence-electron chi connectivity index (χ0n) is 10.4. The van der Waals surface area contributed by atoms with Crippen LogP contribution in [0.15, 0.2) is 42.5 Å². The molecule has 0 bridgehead atoms. The standard InChI is InChI=1S/C14H14F2N2O/c1-9-8-11(4-7-13(9)17)18-10-2-5-12(6-3-10)19-14(15)16/h2-8,14,18H,17H2,1H3. The highest BCUT2D eigenvalue weighted by atomic mass is 19.3. The number of nitrogens with two attached hydrogens (primary N) is 1. The molecule has 19 heavy (non-hydrogen) atoms. The molecule has 0 amide bonds. The molecule has 2 rings (SSSR count). The number of halogens is 2. The summed E-state index contributed by atoms with van der Waals surface area (Å²) in [5.74, 6) is 0.133. The van der Waals surface area contributed by atoms with Crippen molar-refractivity contribution in [2.45, 2.75) is 13.5 Å². The van der Waals surface area contributed by atoms with E-state index in [2.05, 4.69) is 10.1 Å². The number of nitrogens with one attached hydrogen (secondary N) is 1. The van der Waals surface area contributed by atoms with Crippen molar-refractivity contribution in [3.05, 3.63) is 48.0 Å². The van der Waals surface area contributed by atoms with Crippen LogP contribution in [0, 0.1) is 6.92 Å². The van der Waals surface area contributed by atoms with Crippen molar-refractivity contribution in [3.63, 3.8) is 0 Å². The van der Waals surface area contributed by atoms with Gasteiger partial charge in [-0.25, -0.2) is 0 Å². The Morgan fingerprint density at radius 2 is 1.68 bits per heavy atom. The van der Waals surface area contributed by atoms with Crippen molar-refractivity contribution in [2.75, 3.05) is 11.1 Å². The number of nitrogen functional groups attached to an aromatic ring is 1. The maximum absolute atomic E-state index is 12.0. The molecule has 0 saturated heterocycles. The number of anilines is 3. The van der Waals surface area contributed by atoms with E-state index < -0.39 is 6.61 Å². The summed E-state index contributed by atoms with van der Waals surface area (Å²) in [7, 11) is 0. The summed E-state index contributed by atoms with van der Waals surface area (Å²) in [6.45, 7) is -0.890. The first-order chi connectivity index (χ1) is 9.04. The van der Waals surface area contributed by atoms with Gasteiger partial charge in [-0.2, -0.15) is 8.78 Å². The Balaban J connectivity index is 2.08. The fraction of sp³-hybridized carbons (Fsp3) is 0.143. The van der Waals surface area contributed by atoms with Crippen LogP contribution < -0.4 is 15.8 Å². The van der Waals surface area contributed by atoms with Crippen LogP contribution in [0.2, 0.25) is 0 Å². The van der Waals surface area contributed by atoms with E-state index in [1.807, 2.05) is 25.1 Å². The minimum absolute atomic E-state index is 0.133. The molecule has 0 aliphatic carbocycles. The highest BCUT2D eigenvalue weighted by Gasteiger charge is 2.04. The van der Waals surface area contributed by atoms with Crippen LogP contribution in [-0.4, -0.2) is 6.61 Å². The van der Waals surface area contributed by atoms with Crippen molar-refractivity contribution < 1.29 is 13.5 Å². The molecular formula is C14H14F2N2O. The van der Waals surface area contributed by atoms with Crippen LogP contribution in [0.5, 0.6) is 5.75 Å². The number of hydrogen-bond donors (Lipinski definition) is 2. The molecule has 0 fully saturated rings. The van der Waals surface area contributed by atoms with Gasteiger partial charge in [-0.1, -0.05) is 0 Å². The van der Waals surface area contributed by atoms with E-state index in [9.17, 15) is 8.78 Å². The topological polar surface area (TPSA) is 47.3 Å². The first-order valence-corrected chi connectivity index (χ1v) is 5.72. The molecule has 0 aromatic heterocycles. The summed E-state index contributed by atoms with van der Waals surface area (Å²) in [5.41, 5.74) is 9.10. The second-order valence-corrected chi connectivity index (χ2v) is 4.10. The van der Waals surface area contributed by atoms with Crippen LogP contribution in [0.25, 0.3) is 0 Å². The van der Waals surface area contributed by atoms with Crippen LogP contribution in [0.3, 0.4) is 0 Å². The van der Waals surface area contributed by atoms with Crippen LogP contribution in [-0.2, 0) is 0 Å². The SMILES string of the molecule is Cc1cc(Nc2ccc(OC(F)F)cc2)ccc1N. The maximum Gasteiger partial charge on any atom is 0.387 e. The molecular weight excluding hydrogens is 250 g/mol. The lowest BCUT2D eigenvalue weighted by molar-refractivity contribution is -0.0498. The van der Waals surface area contributed by atoms with E-state index >= 15 is 0 Å². The lowest BCUT2D eigenvalue weighted by Gasteiger charge is -2.10. The molecule has 0 aliphatic heterocycles. The zero-order valence-corrected chi connectivity index (χ0v) is 10.4. The molecule has 5 heteroatoms. The van der Waals surface area contributed by atoms with E-state index in [0.717, 1.165) is 22.6 Å². The molecule has 2 aromatic rings. The van der Waals surface area contributed by atoms with Gasteiger partial charge in [0.2, 0.25) is 0 Å². The highest BCUT2D eigenvalue weighted by Crippen LogP contribution is 2.23. The average Bonchev–Trinajstić information content (AvgIpc) is 2.36. The molecule has 0 saturated carbocycles. The van der Waals surface area contributed by atoms with Gasteiger partial charge in [-0.3, -0.25) is 0 Å². The summed E-state index contributed by atoms with van der Waals surface area (Å²) < 4.78 is 28.3. The Bertz CT molecular complexity index is 556. The number of hydrogen-bond acceptors (Lipinski definition) is 3. The number of benzene rings is 2. The molecule has 0 unspecified atom stereocenters. The van der Waals surface area contributed by atoms with Gasteiger partial charge in [-0.15, -0.1) is 0 Å². The minimum Gasteiger partial charge on any atom is -0.435 e. The zero-order chi connectivity index (χ0) is 13.8. The van der Waals surface area contributed by atoms with Crippen LogP contribution in [0.1, 0.15) is 5.56 Å². The first-order valence-electron chi connectivity index (χ1n) is 5.72. The van der Waals surface area contributed by atoms with E-state index in [1.54, 1.807) is 12.1 Å². The number of ether oxygens (including phenoxy) is 1. The Morgan fingerprint density at radius 1 is 1.05 bits per heavy atom. The molecule has 2 aromatic carbocycles. The molecule has 3 N–H and O–H groups in total. The van der Waals surface area contributed by atoms with Crippen molar-refractivity contribution in [1.82, 2.24) is 0 Å². The third-order valence-corrected chi connectivity index (χ3v) is 2.64. The van der Waals surface area contributed by atoms with Gasteiger partial charge >= 0.3 is 6.61 Å². The van der Waals surface area contributed by atoms with E-state index in [-0.39, 0.29) is 5.75 Å². The third kappa shape index (κ3) is 3.58. The second-order valence-electron chi connectivity index (χ2n) is 4.10. The summed E-state index contributed by atoms with van der Waals surface area (Å²) in [6.07, 6.45) is 0. The lowest BCUT2D eigenvalue weighted by atomic mass is 10.2. The van der Waals surface area contributed by atoms with Gasteiger partial charge in [0.25, 0.3) is 0 Å².